The first-order valence-electron chi connectivity index (χ1n) is 12.2. The van der Waals surface area contributed by atoms with Gasteiger partial charge in [0, 0.05) is 17.6 Å². The number of fused-ring (bicyclic) bond motifs is 1. The molecule has 2 heterocycles. The number of aromatic nitrogens is 1. The summed E-state index contributed by atoms with van der Waals surface area (Å²) < 4.78 is 17.7. The van der Waals surface area contributed by atoms with Crippen molar-refractivity contribution in [1.82, 2.24) is 10.3 Å². The van der Waals surface area contributed by atoms with Crippen molar-refractivity contribution in [2.24, 2.45) is 0 Å². The van der Waals surface area contributed by atoms with E-state index in [1.54, 1.807) is 7.11 Å². The van der Waals surface area contributed by atoms with Crippen molar-refractivity contribution in [2.75, 3.05) is 25.5 Å². The monoisotopic (exact) mass is 471 g/mol. The summed E-state index contributed by atoms with van der Waals surface area (Å²) in [4.78, 5) is 4.58. The average molecular weight is 472 g/mol. The van der Waals surface area contributed by atoms with E-state index >= 15 is 0 Å². The van der Waals surface area contributed by atoms with E-state index in [-0.39, 0.29) is 6.10 Å². The Kier molecular flexibility index (Phi) is 8.41. The van der Waals surface area contributed by atoms with Crippen LogP contribution in [0.25, 0.3) is 10.8 Å². The Balaban J connectivity index is 0.00000141. The fourth-order valence-corrected chi connectivity index (χ4v) is 3.98. The summed E-state index contributed by atoms with van der Waals surface area (Å²) in [6.07, 6.45) is 4.19. The molecule has 0 spiro atoms. The van der Waals surface area contributed by atoms with Gasteiger partial charge in [-0.1, -0.05) is 32.0 Å². The van der Waals surface area contributed by atoms with Crippen LogP contribution < -0.4 is 24.8 Å². The number of methoxy groups -OCH3 is 1. The van der Waals surface area contributed by atoms with Crippen molar-refractivity contribution in [3.63, 3.8) is 0 Å². The molecular weight excluding hydrogens is 438 g/mol. The molecule has 3 aromatic carbocycles. The molecule has 2 N–H and O–H groups in total. The minimum atomic E-state index is 0.264. The number of anilines is 2. The van der Waals surface area contributed by atoms with Crippen molar-refractivity contribution in [3.8, 4) is 23.0 Å². The molecule has 1 fully saturated rings. The number of nitrogens with one attached hydrogen (secondary N) is 2. The lowest BCUT2D eigenvalue weighted by atomic mass is 10.1. The molecule has 0 amide bonds. The summed E-state index contributed by atoms with van der Waals surface area (Å²) >= 11 is 0. The van der Waals surface area contributed by atoms with Gasteiger partial charge in [0.1, 0.15) is 34.9 Å². The molecule has 1 saturated heterocycles. The van der Waals surface area contributed by atoms with Gasteiger partial charge in [-0.25, -0.2) is 4.98 Å². The van der Waals surface area contributed by atoms with E-state index in [0.29, 0.717) is 11.5 Å². The molecule has 6 nitrogen and oxygen atoms in total. The fourth-order valence-electron chi connectivity index (χ4n) is 3.98. The van der Waals surface area contributed by atoms with E-state index in [0.717, 1.165) is 59.7 Å². The van der Waals surface area contributed by atoms with E-state index in [1.165, 1.54) is 0 Å². The van der Waals surface area contributed by atoms with Crippen LogP contribution in [0.1, 0.15) is 26.7 Å². The Morgan fingerprint density at radius 3 is 2.37 bits per heavy atom. The Bertz CT molecular complexity index is 1220. The van der Waals surface area contributed by atoms with Crippen LogP contribution in [-0.4, -0.2) is 31.3 Å². The first-order valence-corrected chi connectivity index (χ1v) is 12.2. The van der Waals surface area contributed by atoms with Crippen LogP contribution >= 0.6 is 0 Å². The Labute approximate surface area is 207 Å². The maximum absolute atomic E-state index is 6.21. The molecule has 1 aliphatic heterocycles. The van der Waals surface area contributed by atoms with Crippen LogP contribution in [0.4, 0.5) is 11.5 Å². The highest BCUT2D eigenvalue weighted by Gasteiger charge is 2.15. The van der Waals surface area contributed by atoms with Crippen LogP contribution in [0.2, 0.25) is 0 Å². The van der Waals surface area contributed by atoms with Crippen LogP contribution in [0.15, 0.2) is 79.0 Å². The minimum absolute atomic E-state index is 0.264. The van der Waals surface area contributed by atoms with Crippen molar-refractivity contribution in [3.05, 3.63) is 79.0 Å². The second kappa shape index (κ2) is 12.1. The molecule has 0 unspecified atom stereocenters. The molecule has 1 aliphatic rings. The van der Waals surface area contributed by atoms with Gasteiger partial charge in [-0.15, -0.1) is 0 Å². The SMILES string of the molecule is CC.COc1ccc(Oc2ccccc2)cc1Nc1cc2cc(OC3CCNCC3)ccc2cn1. The van der Waals surface area contributed by atoms with Gasteiger partial charge >= 0.3 is 0 Å². The highest BCUT2D eigenvalue weighted by atomic mass is 16.5. The Hall–Kier alpha value is -3.77. The largest absolute Gasteiger partial charge is 0.495 e. The van der Waals surface area contributed by atoms with Crippen LogP contribution in [-0.2, 0) is 0 Å². The summed E-state index contributed by atoms with van der Waals surface area (Å²) in [6.45, 7) is 6.01. The number of piperidine rings is 1. The lowest BCUT2D eigenvalue weighted by Crippen LogP contribution is -2.34. The molecule has 0 saturated carbocycles. The zero-order valence-electron chi connectivity index (χ0n) is 20.6. The molecule has 182 valence electrons. The number of pyridine rings is 1. The van der Waals surface area contributed by atoms with Crippen LogP contribution in [0, 0.1) is 0 Å². The molecular formula is C29H33N3O3. The number of hydrogen-bond donors (Lipinski definition) is 2. The topological polar surface area (TPSA) is 64.6 Å². The Morgan fingerprint density at radius 1 is 0.829 bits per heavy atom. The maximum atomic E-state index is 6.21. The first-order chi connectivity index (χ1) is 17.3. The standard InChI is InChI=1S/C27H27N3O3.C2H6/c1-31-26-10-9-24(32-21-5-3-2-4-6-21)17-25(26)30-27-16-20-15-23(8-7-19(20)18-29-27)33-22-11-13-28-14-12-22;1-2/h2-10,15-18,22,28H,11-14H2,1H3,(H,29,30);1-2H3. The summed E-state index contributed by atoms with van der Waals surface area (Å²) in [5, 5.41) is 8.88. The summed E-state index contributed by atoms with van der Waals surface area (Å²) in [5.74, 6) is 3.81. The number of benzene rings is 3. The predicted molar refractivity (Wildman–Crippen MR) is 142 cm³/mol. The summed E-state index contributed by atoms with van der Waals surface area (Å²) in [6, 6.07) is 23.5. The zero-order valence-corrected chi connectivity index (χ0v) is 20.6. The third-order valence-corrected chi connectivity index (χ3v) is 5.69. The molecule has 35 heavy (non-hydrogen) atoms. The number of hydrogen-bond acceptors (Lipinski definition) is 6. The second-order valence-electron chi connectivity index (χ2n) is 8.05. The van der Waals surface area contributed by atoms with E-state index < -0.39 is 0 Å². The first kappa shape index (κ1) is 24.4. The lowest BCUT2D eigenvalue weighted by Gasteiger charge is -2.24. The quantitative estimate of drug-likeness (QED) is 0.304. The van der Waals surface area contributed by atoms with Gasteiger partial charge in [-0.2, -0.15) is 0 Å². The van der Waals surface area contributed by atoms with E-state index in [4.69, 9.17) is 14.2 Å². The number of rotatable bonds is 7. The summed E-state index contributed by atoms with van der Waals surface area (Å²) in [5.41, 5.74) is 0.778. The fraction of sp³-hybridized carbons (Fsp3) is 0.276. The number of para-hydroxylation sites is 1. The van der Waals surface area contributed by atoms with Crippen molar-refractivity contribution < 1.29 is 14.2 Å². The molecule has 0 atom stereocenters. The second-order valence-corrected chi connectivity index (χ2v) is 8.05. The predicted octanol–water partition coefficient (Wildman–Crippen LogP) is 6.94. The van der Waals surface area contributed by atoms with Crippen molar-refractivity contribution in [1.29, 1.82) is 0 Å². The van der Waals surface area contributed by atoms with Gasteiger partial charge in [0.2, 0.25) is 0 Å². The molecule has 0 aliphatic carbocycles. The Morgan fingerprint density at radius 2 is 1.60 bits per heavy atom. The maximum Gasteiger partial charge on any atom is 0.142 e. The van der Waals surface area contributed by atoms with E-state index in [2.05, 4.69) is 27.8 Å². The number of nitrogens with zero attached hydrogens (tertiary/aromatic N) is 1. The van der Waals surface area contributed by atoms with Gasteiger partial charge in [-0.3, -0.25) is 0 Å². The lowest BCUT2D eigenvalue weighted by molar-refractivity contribution is 0.162. The molecule has 1 aromatic heterocycles. The molecule has 4 aromatic rings. The van der Waals surface area contributed by atoms with Gasteiger partial charge in [-0.05, 0) is 79.8 Å². The minimum Gasteiger partial charge on any atom is -0.495 e. The van der Waals surface area contributed by atoms with E-state index in [1.807, 2.05) is 80.7 Å². The molecule has 0 radical (unpaired) electrons. The van der Waals surface area contributed by atoms with Crippen LogP contribution in [0.5, 0.6) is 23.0 Å². The van der Waals surface area contributed by atoms with Crippen LogP contribution in [0.3, 0.4) is 0 Å². The number of ether oxygens (including phenoxy) is 3. The third kappa shape index (κ3) is 6.43. The summed E-state index contributed by atoms with van der Waals surface area (Å²) in [7, 11) is 1.65. The van der Waals surface area contributed by atoms with Crippen molar-refractivity contribution >= 4 is 22.3 Å². The molecule has 0 bridgehead atoms. The highest BCUT2D eigenvalue weighted by Crippen LogP contribution is 2.34. The smallest absolute Gasteiger partial charge is 0.142 e. The highest BCUT2D eigenvalue weighted by molar-refractivity contribution is 5.86. The zero-order chi connectivity index (χ0) is 24.5. The molecule has 6 heteroatoms. The average Bonchev–Trinajstić information content (AvgIpc) is 2.91. The third-order valence-electron chi connectivity index (χ3n) is 5.69. The normalized spacial score (nSPS) is 13.5. The van der Waals surface area contributed by atoms with Crippen molar-refractivity contribution in [2.45, 2.75) is 32.8 Å². The van der Waals surface area contributed by atoms with Gasteiger partial charge < -0.3 is 24.8 Å². The van der Waals surface area contributed by atoms with Gasteiger partial charge in [0.15, 0.2) is 0 Å². The van der Waals surface area contributed by atoms with Gasteiger partial charge in [0.25, 0.3) is 0 Å². The molecule has 5 rings (SSSR count). The van der Waals surface area contributed by atoms with Gasteiger partial charge in [0.05, 0.1) is 12.8 Å². The van der Waals surface area contributed by atoms with E-state index in [9.17, 15) is 0 Å².